The van der Waals surface area contributed by atoms with Gasteiger partial charge < -0.3 is 15.4 Å². The molecule has 2 aromatic rings. The molecular formula is C16H17N5O. The molecule has 3 rings (SSSR count). The van der Waals surface area contributed by atoms with Crippen molar-refractivity contribution in [3.05, 3.63) is 35.8 Å². The molecule has 2 N–H and O–H groups in total. The first kappa shape index (κ1) is 14.3. The number of morpholine rings is 1. The minimum absolute atomic E-state index is 0.560. The van der Waals surface area contributed by atoms with Crippen LogP contribution in [0.1, 0.15) is 11.3 Å². The van der Waals surface area contributed by atoms with Gasteiger partial charge in [0.25, 0.3) is 0 Å². The number of rotatable bonds is 2. The third-order valence-electron chi connectivity index (χ3n) is 3.69. The Hall–Kier alpha value is -2.65. The van der Waals surface area contributed by atoms with Gasteiger partial charge in [0, 0.05) is 42.3 Å². The van der Waals surface area contributed by atoms with E-state index >= 15 is 0 Å². The van der Waals surface area contributed by atoms with Crippen molar-refractivity contribution < 1.29 is 4.74 Å². The molecule has 0 spiro atoms. The van der Waals surface area contributed by atoms with E-state index in [0.717, 1.165) is 35.7 Å². The molecule has 0 saturated carbocycles. The summed E-state index contributed by atoms with van der Waals surface area (Å²) in [5.74, 6) is 0.726. The SMILES string of the molecule is Cc1nc(N2CCOCC2)c(C#N)cc1-c1cncc(N)c1. The molecule has 0 aromatic carbocycles. The predicted molar refractivity (Wildman–Crippen MR) is 84.4 cm³/mol. The second kappa shape index (κ2) is 6.00. The van der Waals surface area contributed by atoms with Crippen LogP contribution in [-0.4, -0.2) is 36.3 Å². The van der Waals surface area contributed by atoms with E-state index in [1.54, 1.807) is 12.4 Å². The summed E-state index contributed by atoms with van der Waals surface area (Å²) in [4.78, 5) is 10.9. The van der Waals surface area contributed by atoms with Crippen LogP contribution in [0.15, 0.2) is 24.5 Å². The maximum absolute atomic E-state index is 9.48. The van der Waals surface area contributed by atoms with E-state index in [-0.39, 0.29) is 0 Å². The Morgan fingerprint density at radius 1 is 1.27 bits per heavy atom. The number of nitrogens with zero attached hydrogens (tertiary/aromatic N) is 4. The van der Waals surface area contributed by atoms with E-state index in [4.69, 9.17) is 10.5 Å². The van der Waals surface area contributed by atoms with Crippen LogP contribution in [0.5, 0.6) is 0 Å². The van der Waals surface area contributed by atoms with Gasteiger partial charge in [-0.3, -0.25) is 4.98 Å². The standard InChI is InChI=1S/C16H17N5O/c1-11-15(13-6-14(18)10-19-9-13)7-12(8-17)16(20-11)21-2-4-22-5-3-21/h6-7,9-10H,2-5,18H2,1H3. The number of anilines is 2. The lowest BCUT2D eigenvalue weighted by molar-refractivity contribution is 0.122. The lowest BCUT2D eigenvalue weighted by Crippen LogP contribution is -2.37. The van der Waals surface area contributed by atoms with Crippen LogP contribution in [0, 0.1) is 18.3 Å². The first-order chi connectivity index (χ1) is 10.7. The monoisotopic (exact) mass is 295 g/mol. The molecule has 6 heteroatoms. The average Bonchev–Trinajstić information content (AvgIpc) is 2.55. The zero-order chi connectivity index (χ0) is 15.5. The molecule has 3 heterocycles. The third-order valence-corrected chi connectivity index (χ3v) is 3.69. The third kappa shape index (κ3) is 2.71. The maximum atomic E-state index is 9.48. The summed E-state index contributed by atoms with van der Waals surface area (Å²) >= 11 is 0. The summed E-state index contributed by atoms with van der Waals surface area (Å²) in [6.07, 6.45) is 3.33. The van der Waals surface area contributed by atoms with E-state index < -0.39 is 0 Å². The molecular weight excluding hydrogens is 278 g/mol. The van der Waals surface area contributed by atoms with Crippen molar-refractivity contribution >= 4 is 11.5 Å². The molecule has 0 amide bonds. The zero-order valence-electron chi connectivity index (χ0n) is 12.4. The molecule has 0 unspecified atom stereocenters. The fraction of sp³-hybridized carbons (Fsp3) is 0.312. The molecule has 1 saturated heterocycles. The highest BCUT2D eigenvalue weighted by Crippen LogP contribution is 2.29. The van der Waals surface area contributed by atoms with E-state index in [1.165, 1.54) is 0 Å². The Bertz CT molecular complexity index is 732. The number of hydrogen-bond donors (Lipinski definition) is 1. The Morgan fingerprint density at radius 2 is 2.05 bits per heavy atom. The molecule has 22 heavy (non-hydrogen) atoms. The van der Waals surface area contributed by atoms with Crippen LogP contribution in [0.3, 0.4) is 0 Å². The predicted octanol–water partition coefficient (Wildman–Crippen LogP) is 1.74. The van der Waals surface area contributed by atoms with Crippen molar-refractivity contribution in [2.45, 2.75) is 6.92 Å². The van der Waals surface area contributed by atoms with Gasteiger partial charge >= 0.3 is 0 Å². The molecule has 112 valence electrons. The lowest BCUT2D eigenvalue weighted by atomic mass is 10.0. The second-order valence-corrected chi connectivity index (χ2v) is 5.21. The number of pyridine rings is 2. The number of hydrogen-bond acceptors (Lipinski definition) is 6. The van der Waals surface area contributed by atoms with Crippen LogP contribution in [0.25, 0.3) is 11.1 Å². The van der Waals surface area contributed by atoms with Crippen LogP contribution < -0.4 is 10.6 Å². The highest BCUT2D eigenvalue weighted by Gasteiger charge is 2.18. The van der Waals surface area contributed by atoms with Gasteiger partial charge in [-0.1, -0.05) is 0 Å². The van der Waals surface area contributed by atoms with Gasteiger partial charge in [-0.05, 0) is 19.1 Å². The fourth-order valence-corrected chi connectivity index (χ4v) is 2.59. The molecule has 1 aliphatic heterocycles. The van der Waals surface area contributed by atoms with Crippen molar-refractivity contribution in [3.8, 4) is 17.2 Å². The number of nitriles is 1. The molecule has 2 aromatic heterocycles. The van der Waals surface area contributed by atoms with E-state index in [2.05, 4.69) is 20.9 Å². The Balaban J connectivity index is 2.06. The number of nitrogen functional groups attached to an aromatic ring is 1. The van der Waals surface area contributed by atoms with Gasteiger partial charge in [-0.2, -0.15) is 5.26 Å². The second-order valence-electron chi connectivity index (χ2n) is 5.21. The summed E-state index contributed by atoms with van der Waals surface area (Å²) in [5.41, 5.74) is 9.55. The molecule has 0 radical (unpaired) electrons. The largest absolute Gasteiger partial charge is 0.397 e. The van der Waals surface area contributed by atoms with E-state index in [1.807, 2.05) is 19.1 Å². The van der Waals surface area contributed by atoms with Gasteiger partial charge in [-0.15, -0.1) is 0 Å². The highest BCUT2D eigenvalue weighted by molar-refractivity contribution is 5.72. The van der Waals surface area contributed by atoms with Crippen molar-refractivity contribution in [1.29, 1.82) is 5.26 Å². The van der Waals surface area contributed by atoms with E-state index in [0.29, 0.717) is 24.5 Å². The normalized spacial score (nSPS) is 14.6. The molecule has 0 bridgehead atoms. The molecule has 1 aliphatic rings. The minimum Gasteiger partial charge on any atom is -0.397 e. The van der Waals surface area contributed by atoms with Crippen molar-refractivity contribution in [1.82, 2.24) is 9.97 Å². The van der Waals surface area contributed by atoms with Crippen molar-refractivity contribution in [3.63, 3.8) is 0 Å². The first-order valence-electron chi connectivity index (χ1n) is 7.14. The zero-order valence-corrected chi connectivity index (χ0v) is 12.4. The van der Waals surface area contributed by atoms with Gasteiger partial charge in [0.2, 0.25) is 0 Å². The quantitative estimate of drug-likeness (QED) is 0.908. The molecule has 6 nitrogen and oxygen atoms in total. The Labute approximate surface area is 129 Å². The highest BCUT2D eigenvalue weighted by atomic mass is 16.5. The summed E-state index contributed by atoms with van der Waals surface area (Å²) in [6.45, 7) is 4.75. The van der Waals surface area contributed by atoms with E-state index in [9.17, 15) is 5.26 Å². The van der Waals surface area contributed by atoms with Crippen LogP contribution in [0.2, 0.25) is 0 Å². The summed E-state index contributed by atoms with van der Waals surface area (Å²) in [7, 11) is 0. The summed E-state index contributed by atoms with van der Waals surface area (Å²) < 4.78 is 5.36. The number of ether oxygens (including phenoxy) is 1. The maximum Gasteiger partial charge on any atom is 0.147 e. The molecule has 0 atom stereocenters. The summed E-state index contributed by atoms with van der Waals surface area (Å²) in [6, 6.07) is 5.95. The van der Waals surface area contributed by atoms with Gasteiger partial charge in [-0.25, -0.2) is 4.98 Å². The first-order valence-corrected chi connectivity index (χ1v) is 7.14. The van der Waals surface area contributed by atoms with Crippen LogP contribution in [0.4, 0.5) is 11.5 Å². The van der Waals surface area contributed by atoms with Gasteiger partial charge in [0.15, 0.2) is 0 Å². The number of nitrogens with two attached hydrogens (primary N) is 1. The van der Waals surface area contributed by atoms with Crippen molar-refractivity contribution in [2.75, 3.05) is 36.9 Å². The number of aromatic nitrogens is 2. The Kier molecular flexibility index (Phi) is 3.90. The lowest BCUT2D eigenvalue weighted by Gasteiger charge is -2.29. The smallest absolute Gasteiger partial charge is 0.147 e. The number of aryl methyl sites for hydroxylation is 1. The van der Waals surface area contributed by atoms with Crippen molar-refractivity contribution in [2.24, 2.45) is 0 Å². The fourth-order valence-electron chi connectivity index (χ4n) is 2.59. The average molecular weight is 295 g/mol. The Morgan fingerprint density at radius 3 is 2.73 bits per heavy atom. The molecule has 0 aliphatic carbocycles. The topological polar surface area (TPSA) is 88.1 Å². The van der Waals surface area contributed by atoms with Crippen LogP contribution >= 0.6 is 0 Å². The molecule has 1 fully saturated rings. The van der Waals surface area contributed by atoms with Crippen LogP contribution in [-0.2, 0) is 4.74 Å². The van der Waals surface area contributed by atoms with Gasteiger partial charge in [0.1, 0.15) is 11.9 Å². The van der Waals surface area contributed by atoms with Gasteiger partial charge in [0.05, 0.1) is 24.5 Å². The summed E-state index contributed by atoms with van der Waals surface area (Å²) in [5, 5.41) is 9.48. The minimum atomic E-state index is 0.560.